The van der Waals surface area contributed by atoms with Crippen molar-refractivity contribution in [3.63, 3.8) is 0 Å². The zero-order valence-corrected chi connectivity index (χ0v) is 9.46. The molecule has 2 nitrogen and oxygen atoms in total. The molecule has 15 heavy (non-hydrogen) atoms. The standard InChI is InChI=1S/C12H18FNO/c1-8(2)6-11(14)9-4-5-12(15-3)10(13)7-9/h4-5,7-8,11H,6,14H2,1-3H3/t11-/m0/s1. The van der Waals surface area contributed by atoms with Gasteiger partial charge in [0.05, 0.1) is 7.11 Å². The number of ether oxygens (including phenoxy) is 1. The van der Waals surface area contributed by atoms with Crippen LogP contribution in [-0.2, 0) is 0 Å². The van der Waals surface area contributed by atoms with Gasteiger partial charge in [0.25, 0.3) is 0 Å². The zero-order valence-electron chi connectivity index (χ0n) is 9.46. The number of hydrogen-bond acceptors (Lipinski definition) is 2. The van der Waals surface area contributed by atoms with Crippen molar-refractivity contribution < 1.29 is 9.13 Å². The summed E-state index contributed by atoms with van der Waals surface area (Å²) >= 11 is 0. The highest BCUT2D eigenvalue weighted by atomic mass is 19.1. The van der Waals surface area contributed by atoms with E-state index in [-0.39, 0.29) is 17.6 Å². The highest BCUT2D eigenvalue weighted by Crippen LogP contribution is 2.24. The molecule has 0 bridgehead atoms. The van der Waals surface area contributed by atoms with Gasteiger partial charge in [0.1, 0.15) is 0 Å². The fourth-order valence-corrected chi connectivity index (χ4v) is 1.56. The SMILES string of the molecule is COc1ccc([C@@H](N)CC(C)C)cc1F. The molecular formula is C12H18FNO. The summed E-state index contributed by atoms with van der Waals surface area (Å²) in [6.07, 6.45) is 0.853. The second kappa shape index (κ2) is 5.12. The molecule has 3 heteroatoms. The normalized spacial score (nSPS) is 12.9. The Morgan fingerprint density at radius 1 is 1.40 bits per heavy atom. The van der Waals surface area contributed by atoms with E-state index in [9.17, 15) is 4.39 Å². The summed E-state index contributed by atoms with van der Waals surface area (Å²) in [4.78, 5) is 0. The number of methoxy groups -OCH3 is 1. The summed E-state index contributed by atoms with van der Waals surface area (Å²) in [5.74, 6) is 0.412. The van der Waals surface area contributed by atoms with Crippen LogP contribution in [-0.4, -0.2) is 7.11 Å². The first-order valence-electron chi connectivity index (χ1n) is 5.13. The summed E-state index contributed by atoms with van der Waals surface area (Å²) in [5, 5.41) is 0. The van der Waals surface area contributed by atoms with Gasteiger partial charge in [0, 0.05) is 6.04 Å². The van der Waals surface area contributed by atoms with Crippen LogP contribution < -0.4 is 10.5 Å². The van der Waals surface area contributed by atoms with Crippen molar-refractivity contribution in [2.24, 2.45) is 11.7 Å². The molecule has 0 saturated heterocycles. The van der Waals surface area contributed by atoms with Gasteiger partial charge in [0.2, 0.25) is 0 Å². The summed E-state index contributed by atoms with van der Waals surface area (Å²) in [6.45, 7) is 4.19. The van der Waals surface area contributed by atoms with Crippen LogP contribution in [0.5, 0.6) is 5.75 Å². The van der Waals surface area contributed by atoms with Crippen molar-refractivity contribution in [1.29, 1.82) is 0 Å². The highest BCUT2D eigenvalue weighted by Gasteiger charge is 2.11. The quantitative estimate of drug-likeness (QED) is 0.831. The van der Waals surface area contributed by atoms with Crippen LogP contribution in [0.3, 0.4) is 0 Å². The molecule has 0 saturated carbocycles. The molecule has 1 aromatic rings. The summed E-state index contributed by atoms with van der Waals surface area (Å²) in [5.41, 5.74) is 6.77. The minimum absolute atomic E-state index is 0.106. The highest BCUT2D eigenvalue weighted by molar-refractivity contribution is 5.30. The molecule has 0 aromatic heterocycles. The lowest BCUT2D eigenvalue weighted by Crippen LogP contribution is -2.13. The van der Waals surface area contributed by atoms with Crippen LogP contribution in [0.2, 0.25) is 0 Å². The van der Waals surface area contributed by atoms with E-state index in [0.717, 1.165) is 12.0 Å². The number of benzene rings is 1. The smallest absolute Gasteiger partial charge is 0.165 e. The summed E-state index contributed by atoms with van der Waals surface area (Å²) in [7, 11) is 1.45. The van der Waals surface area contributed by atoms with Crippen LogP contribution in [0.4, 0.5) is 4.39 Å². The van der Waals surface area contributed by atoms with Gasteiger partial charge >= 0.3 is 0 Å². The lowest BCUT2D eigenvalue weighted by molar-refractivity contribution is 0.385. The maximum Gasteiger partial charge on any atom is 0.165 e. The summed E-state index contributed by atoms with van der Waals surface area (Å²) in [6, 6.07) is 4.77. The molecule has 0 aliphatic rings. The van der Waals surface area contributed by atoms with Crippen molar-refractivity contribution in [1.82, 2.24) is 0 Å². The molecule has 0 amide bonds. The zero-order chi connectivity index (χ0) is 11.4. The Labute approximate surface area is 90.2 Å². The van der Waals surface area contributed by atoms with E-state index in [4.69, 9.17) is 10.5 Å². The van der Waals surface area contributed by atoms with E-state index < -0.39 is 0 Å². The van der Waals surface area contributed by atoms with Crippen LogP contribution in [0.15, 0.2) is 18.2 Å². The van der Waals surface area contributed by atoms with E-state index in [0.29, 0.717) is 5.92 Å². The molecule has 0 radical (unpaired) electrons. The number of hydrogen-bond donors (Lipinski definition) is 1. The molecule has 0 unspecified atom stereocenters. The number of rotatable bonds is 4. The lowest BCUT2D eigenvalue weighted by atomic mass is 9.98. The van der Waals surface area contributed by atoms with Gasteiger partial charge in [0.15, 0.2) is 11.6 Å². The van der Waals surface area contributed by atoms with E-state index in [1.54, 1.807) is 6.07 Å². The third kappa shape index (κ3) is 3.20. The maximum absolute atomic E-state index is 13.4. The molecule has 1 atom stereocenters. The van der Waals surface area contributed by atoms with Crippen molar-refractivity contribution in [2.45, 2.75) is 26.3 Å². The Morgan fingerprint density at radius 3 is 2.53 bits per heavy atom. The third-order valence-corrected chi connectivity index (χ3v) is 2.33. The van der Waals surface area contributed by atoms with Gasteiger partial charge in [-0.15, -0.1) is 0 Å². The van der Waals surface area contributed by atoms with Crippen LogP contribution in [0.25, 0.3) is 0 Å². The first-order valence-corrected chi connectivity index (χ1v) is 5.13. The first-order chi connectivity index (χ1) is 7.04. The predicted molar refractivity (Wildman–Crippen MR) is 59.3 cm³/mol. The van der Waals surface area contributed by atoms with Crippen molar-refractivity contribution in [3.8, 4) is 5.75 Å². The molecule has 1 aromatic carbocycles. The Hall–Kier alpha value is -1.09. The fraction of sp³-hybridized carbons (Fsp3) is 0.500. The summed E-state index contributed by atoms with van der Waals surface area (Å²) < 4.78 is 18.2. The topological polar surface area (TPSA) is 35.2 Å². The Bertz CT molecular complexity index is 325. The van der Waals surface area contributed by atoms with Gasteiger partial charge in [-0.3, -0.25) is 0 Å². The Kier molecular flexibility index (Phi) is 4.09. The molecule has 0 heterocycles. The minimum atomic E-state index is -0.353. The van der Waals surface area contributed by atoms with E-state index in [2.05, 4.69) is 13.8 Å². The van der Waals surface area contributed by atoms with E-state index in [1.807, 2.05) is 6.07 Å². The van der Waals surface area contributed by atoms with Crippen LogP contribution >= 0.6 is 0 Å². The Balaban J connectivity index is 2.82. The van der Waals surface area contributed by atoms with Gasteiger partial charge in [-0.1, -0.05) is 19.9 Å². The van der Waals surface area contributed by atoms with Crippen molar-refractivity contribution in [2.75, 3.05) is 7.11 Å². The number of halogens is 1. The maximum atomic E-state index is 13.4. The number of nitrogens with two attached hydrogens (primary N) is 1. The average Bonchev–Trinajstić information content (AvgIpc) is 2.16. The molecule has 0 fully saturated rings. The second-order valence-electron chi connectivity index (χ2n) is 4.13. The van der Waals surface area contributed by atoms with Crippen molar-refractivity contribution in [3.05, 3.63) is 29.6 Å². The average molecular weight is 211 g/mol. The van der Waals surface area contributed by atoms with Crippen molar-refractivity contribution >= 4 is 0 Å². The minimum Gasteiger partial charge on any atom is -0.494 e. The second-order valence-corrected chi connectivity index (χ2v) is 4.13. The molecule has 0 aliphatic heterocycles. The van der Waals surface area contributed by atoms with Gasteiger partial charge in [-0.2, -0.15) is 0 Å². The Morgan fingerprint density at radius 2 is 2.07 bits per heavy atom. The molecule has 84 valence electrons. The fourth-order valence-electron chi connectivity index (χ4n) is 1.56. The van der Waals surface area contributed by atoms with Gasteiger partial charge < -0.3 is 10.5 Å². The predicted octanol–water partition coefficient (Wildman–Crippen LogP) is 2.88. The largest absolute Gasteiger partial charge is 0.494 e. The third-order valence-electron chi connectivity index (χ3n) is 2.33. The lowest BCUT2D eigenvalue weighted by Gasteiger charge is -2.15. The van der Waals surface area contributed by atoms with Gasteiger partial charge in [-0.05, 0) is 30.0 Å². The molecular weight excluding hydrogens is 193 g/mol. The molecule has 0 spiro atoms. The van der Waals surface area contributed by atoms with Gasteiger partial charge in [-0.25, -0.2) is 4.39 Å². The van der Waals surface area contributed by atoms with E-state index >= 15 is 0 Å². The monoisotopic (exact) mass is 211 g/mol. The van der Waals surface area contributed by atoms with Crippen LogP contribution in [0, 0.1) is 11.7 Å². The molecule has 1 rings (SSSR count). The molecule has 2 N–H and O–H groups in total. The van der Waals surface area contributed by atoms with E-state index in [1.165, 1.54) is 13.2 Å². The van der Waals surface area contributed by atoms with Crippen LogP contribution in [0.1, 0.15) is 31.9 Å². The first kappa shape index (κ1) is 12.0. The molecule has 0 aliphatic carbocycles.